The van der Waals surface area contributed by atoms with E-state index < -0.39 is 0 Å². The maximum Gasteiger partial charge on any atom is 0.221 e. The van der Waals surface area contributed by atoms with Crippen molar-refractivity contribution in [2.75, 3.05) is 39.5 Å². The second-order valence-corrected chi connectivity index (χ2v) is 12.3. The molecule has 6 rings (SSSR count). The van der Waals surface area contributed by atoms with Crippen LogP contribution in [-0.2, 0) is 22.4 Å². The highest BCUT2D eigenvalue weighted by Gasteiger charge is 2.12. The van der Waals surface area contributed by atoms with E-state index in [0.29, 0.717) is 35.7 Å². The molecule has 0 saturated heterocycles. The van der Waals surface area contributed by atoms with Crippen molar-refractivity contribution in [3.63, 3.8) is 0 Å². The lowest BCUT2D eigenvalue weighted by molar-refractivity contribution is -0.114. The van der Waals surface area contributed by atoms with E-state index in [-0.39, 0.29) is 11.1 Å². The van der Waals surface area contributed by atoms with Crippen molar-refractivity contribution in [2.24, 2.45) is 0 Å². The van der Waals surface area contributed by atoms with Crippen molar-refractivity contribution in [3.05, 3.63) is 132 Å². The molecule has 0 saturated carbocycles. The van der Waals surface area contributed by atoms with Crippen LogP contribution in [0.2, 0.25) is 0 Å². The lowest BCUT2D eigenvalue weighted by Gasteiger charge is -2.11. The third-order valence-corrected chi connectivity index (χ3v) is 7.85. The minimum atomic E-state index is -0.361. The Labute approximate surface area is 325 Å². The van der Waals surface area contributed by atoms with Crippen molar-refractivity contribution in [2.45, 2.75) is 26.7 Å². The van der Waals surface area contributed by atoms with Crippen LogP contribution in [0.4, 0.5) is 11.4 Å². The molecule has 1 amide bonds. The van der Waals surface area contributed by atoms with Crippen molar-refractivity contribution in [1.82, 2.24) is 19.9 Å². The van der Waals surface area contributed by atoms with Crippen LogP contribution in [0.3, 0.4) is 0 Å². The Morgan fingerprint density at radius 1 is 0.600 bits per heavy atom. The molecule has 2 heterocycles. The van der Waals surface area contributed by atoms with Crippen molar-refractivity contribution in [1.29, 1.82) is 0 Å². The smallest absolute Gasteiger partial charge is 0.221 e. The summed E-state index contributed by atoms with van der Waals surface area (Å²) in [6.45, 7) is 2.76. The fourth-order valence-electron chi connectivity index (χ4n) is 5.46. The first kappa shape index (κ1) is 41.2. The van der Waals surface area contributed by atoms with Gasteiger partial charge < -0.3 is 30.0 Å². The molecule has 0 aliphatic rings. The number of halogens is 1. The minimum absolute atomic E-state index is 0.147. The molecule has 12 nitrogen and oxygen atoms in total. The molecule has 4 aromatic carbocycles. The van der Waals surface area contributed by atoms with E-state index in [1.807, 2.05) is 97.1 Å². The van der Waals surface area contributed by atoms with Gasteiger partial charge in [-0.2, -0.15) is 0 Å². The standard InChI is InChI=1S/C21H21N3O3.C19H19N3O2.C2H3ClO/c1-14(25)24-19-11-15(8-9-21(19)27-3)10-16-12-18(23-13-22-16)17-6-4-5-7-20(17)26-2;1-23-18-6-4-3-5-15(18)17-11-14(21-12-22-17)9-13-7-8-19(24-2)16(20)10-13;1-2(3)4/h4-9,11-13H,10H2,1-3H3,(H,24,25);3-8,10-12H,9,20H2,1-2H3;1H3. The number of methoxy groups -OCH3 is 4. The molecule has 0 aliphatic heterocycles. The Kier molecular flexibility index (Phi) is 15.5. The third kappa shape index (κ3) is 12.3. The number of nitrogens with two attached hydrogens (primary N) is 1. The first-order chi connectivity index (χ1) is 26.5. The van der Waals surface area contributed by atoms with E-state index in [0.717, 1.165) is 56.5 Å². The highest BCUT2D eigenvalue weighted by molar-refractivity contribution is 6.62. The van der Waals surface area contributed by atoms with Gasteiger partial charge in [-0.1, -0.05) is 36.4 Å². The molecule has 3 N–H and O–H groups in total. The minimum Gasteiger partial charge on any atom is -0.496 e. The van der Waals surface area contributed by atoms with Gasteiger partial charge in [0.1, 0.15) is 35.7 Å². The summed E-state index contributed by atoms with van der Waals surface area (Å²) in [5.41, 5.74) is 14.6. The van der Waals surface area contributed by atoms with E-state index in [1.54, 1.807) is 41.1 Å². The highest BCUT2D eigenvalue weighted by atomic mass is 35.5. The molecule has 0 atom stereocenters. The van der Waals surface area contributed by atoms with Gasteiger partial charge in [0.2, 0.25) is 11.1 Å². The number of rotatable bonds is 11. The highest BCUT2D eigenvalue weighted by Crippen LogP contribution is 2.31. The maximum absolute atomic E-state index is 11.4. The fourth-order valence-corrected chi connectivity index (χ4v) is 5.46. The molecule has 0 spiro atoms. The third-order valence-electron chi connectivity index (χ3n) is 7.85. The molecule has 0 radical (unpaired) electrons. The van der Waals surface area contributed by atoms with Crippen LogP contribution in [0.25, 0.3) is 22.5 Å². The van der Waals surface area contributed by atoms with E-state index in [1.165, 1.54) is 13.8 Å². The molecule has 0 bridgehead atoms. The number of nitrogen functional groups attached to an aromatic ring is 1. The van der Waals surface area contributed by atoms with Crippen LogP contribution >= 0.6 is 11.6 Å². The normalized spacial score (nSPS) is 10.1. The van der Waals surface area contributed by atoms with Crippen molar-refractivity contribution < 1.29 is 28.5 Å². The van der Waals surface area contributed by atoms with Crippen LogP contribution in [0, 0.1) is 0 Å². The summed E-state index contributed by atoms with van der Waals surface area (Å²) in [6.07, 6.45) is 4.39. The number of nitrogens with zero attached hydrogens (tertiary/aromatic N) is 4. The van der Waals surface area contributed by atoms with Gasteiger partial charge in [-0.3, -0.25) is 9.59 Å². The number of ether oxygens (including phenoxy) is 4. The summed E-state index contributed by atoms with van der Waals surface area (Å²) < 4.78 is 21.3. The van der Waals surface area contributed by atoms with Crippen molar-refractivity contribution in [3.8, 4) is 45.5 Å². The Bertz CT molecular complexity index is 2210. The SMILES string of the molecule is CC(=O)Cl.COc1ccc(Cc2cc(-c3ccccc3OC)ncn2)cc1N.COc1ccc(Cc2cc(-c3ccccc3OC)ncn2)cc1NC(C)=O. The Morgan fingerprint density at radius 2 is 1.04 bits per heavy atom. The number of benzene rings is 4. The van der Waals surface area contributed by atoms with Crippen molar-refractivity contribution >= 4 is 34.1 Å². The average molecular weight is 763 g/mol. The van der Waals surface area contributed by atoms with Crippen LogP contribution in [0.15, 0.2) is 110 Å². The first-order valence-corrected chi connectivity index (χ1v) is 17.3. The predicted molar refractivity (Wildman–Crippen MR) is 215 cm³/mol. The van der Waals surface area contributed by atoms with Gasteiger partial charge in [0.15, 0.2) is 0 Å². The summed E-state index contributed by atoms with van der Waals surface area (Å²) in [4.78, 5) is 38.1. The number of anilines is 2. The van der Waals surface area contributed by atoms with Gasteiger partial charge in [0.25, 0.3) is 0 Å². The Balaban J connectivity index is 0.000000224. The molecule has 6 aromatic rings. The number of carbonyl (C=O) groups is 2. The monoisotopic (exact) mass is 762 g/mol. The van der Waals surface area contributed by atoms with E-state index in [2.05, 4.69) is 36.9 Å². The molecule has 2 aromatic heterocycles. The van der Waals surface area contributed by atoms with E-state index in [4.69, 9.17) is 24.7 Å². The lowest BCUT2D eigenvalue weighted by atomic mass is 10.1. The summed E-state index contributed by atoms with van der Waals surface area (Å²) in [5, 5.41) is 2.43. The van der Waals surface area contributed by atoms with Gasteiger partial charge in [0, 0.05) is 49.2 Å². The Morgan fingerprint density at radius 3 is 1.47 bits per heavy atom. The largest absolute Gasteiger partial charge is 0.496 e. The second kappa shape index (κ2) is 20.6. The van der Waals surface area contributed by atoms with Gasteiger partial charge in [-0.05, 0) is 83.4 Å². The lowest BCUT2D eigenvalue weighted by Crippen LogP contribution is -2.07. The zero-order valence-corrected chi connectivity index (χ0v) is 32.3. The summed E-state index contributed by atoms with van der Waals surface area (Å²) in [7, 11) is 6.47. The van der Waals surface area contributed by atoms with E-state index >= 15 is 0 Å². The fraction of sp³-hybridized carbons (Fsp3) is 0.190. The van der Waals surface area contributed by atoms with Crippen LogP contribution in [0.5, 0.6) is 23.0 Å². The molecule has 55 heavy (non-hydrogen) atoms. The number of hydrogen-bond acceptors (Lipinski definition) is 11. The number of carbonyl (C=O) groups excluding carboxylic acids is 2. The number of nitrogens with one attached hydrogen (secondary N) is 1. The zero-order valence-electron chi connectivity index (χ0n) is 31.5. The number of amides is 1. The van der Waals surface area contributed by atoms with Crippen LogP contribution in [-0.4, -0.2) is 59.5 Å². The number of hydrogen-bond donors (Lipinski definition) is 2. The van der Waals surface area contributed by atoms with Crippen LogP contribution in [0.1, 0.15) is 36.4 Å². The molecular formula is C42H43ClN6O6. The summed E-state index contributed by atoms with van der Waals surface area (Å²) in [5.74, 6) is 2.70. The molecule has 0 aliphatic carbocycles. The first-order valence-electron chi connectivity index (χ1n) is 17.0. The predicted octanol–water partition coefficient (Wildman–Crippen LogP) is 7.82. The molecule has 284 valence electrons. The topological polar surface area (TPSA) is 161 Å². The number of aromatic nitrogens is 4. The number of para-hydroxylation sites is 2. The molecule has 0 fully saturated rings. The Hall–Kier alpha value is -6.53. The molecule has 0 unspecified atom stereocenters. The van der Waals surface area contributed by atoms with Gasteiger partial charge in [-0.15, -0.1) is 0 Å². The average Bonchev–Trinajstić information content (AvgIpc) is 3.18. The summed E-state index contributed by atoms with van der Waals surface area (Å²) in [6, 6.07) is 30.9. The maximum atomic E-state index is 11.4. The molecular weight excluding hydrogens is 720 g/mol. The second-order valence-electron chi connectivity index (χ2n) is 11.8. The molecule has 13 heteroatoms. The van der Waals surface area contributed by atoms with Gasteiger partial charge in [0.05, 0.1) is 51.2 Å². The van der Waals surface area contributed by atoms with Crippen LogP contribution < -0.4 is 30.0 Å². The summed E-state index contributed by atoms with van der Waals surface area (Å²) >= 11 is 4.64. The van der Waals surface area contributed by atoms with Gasteiger partial charge in [-0.25, -0.2) is 19.9 Å². The zero-order chi connectivity index (χ0) is 39.7. The van der Waals surface area contributed by atoms with E-state index in [9.17, 15) is 9.59 Å². The quantitative estimate of drug-likeness (QED) is 0.0978. The van der Waals surface area contributed by atoms with Gasteiger partial charge >= 0.3 is 0 Å².